The molecule has 0 spiro atoms. The van der Waals surface area contributed by atoms with Crippen molar-refractivity contribution < 1.29 is 14.3 Å². The van der Waals surface area contributed by atoms with Crippen molar-refractivity contribution in [3.05, 3.63) is 32.4 Å². The van der Waals surface area contributed by atoms with Crippen molar-refractivity contribution in [3.63, 3.8) is 0 Å². The number of rotatable bonds is 4. The molecule has 17 heavy (non-hydrogen) atoms. The number of esters is 1. The summed E-state index contributed by atoms with van der Waals surface area (Å²) in [6.45, 7) is 1.86. The molecule has 0 aliphatic heterocycles. The number of carbonyl (C=O) groups excluding carboxylic acids is 2. The molecule has 0 aromatic heterocycles. The van der Waals surface area contributed by atoms with Gasteiger partial charge in [-0.05, 0) is 47.7 Å². The van der Waals surface area contributed by atoms with Crippen molar-refractivity contribution in [1.82, 2.24) is 5.32 Å². The van der Waals surface area contributed by atoms with Crippen molar-refractivity contribution >= 4 is 46.1 Å². The highest BCUT2D eigenvalue weighted by atomic mass is 127. The fourth-order valence-electron chi connectivity index (χ4n) is 1.10. The largest absolute Gasteiger partial charge is 0.465 e. The molecule has 0 heterocycles. The molecule has 92 valence electrons. The lowest BCUT2D eigenvalue weighted by Gasteiger charge is -2.05. The Morgan fingerprint density at radius 1 is 1.47 bits per heavy atom. The summed E-state index contributed by atoms with van der Waals surface area (Å²) in [5.74, 6) is -0.811. The van der Waals surface area contributed by atoms with Crippen LogP contribution >= 0.6 is 34.2 Å². The highest BCUT2D eigenvalue weighted by molar-refractivity contribution is 14.1. The number of nitrogens with one attached hydrogen (secondary N) is 1. The highest BCUT2D eigenvalue weighted by Crippen LogP contribution is 2.19. The normalized spacial score (nSPS) is 9.82. The maximum atomic E-state index is 11.6. The van der Waals surface area contributed by atoms with Gasteiger partial charge in [0.2, 0.25) is 0 Å². The van der Waals surface area contributed by atoms with Crippen LogP contribution in [0.4, 0.5) is 0 Å². The zero-order chi connectivity index (χ0) is 12.8. The van der Waals surface area contributed by atoms with Gasteiger partial charge in [0.1, 0.15) is 6.54 Å². The van der Waals surface area contributed by atoms with Crippen LogP contribution in [0, 0.1) is 3.57 Å². The Morgan fingerprint density at radius 2 is 2.18 bits per heavy atom. The summed E-state index contributed by atoms with van der Waals surface area (Å²) in [4.78, 5) is 22.7. The standard InChI is InChI=1S/C11H11ClINO3/c1-2-17-10(15)6-14-11(16)7-3-4-9(13)8(12)5-7/h3-5H,2,6H2,1H3,(H,14,16). The van der Waals surface area contributed by atoms with Crippen molar-refractivity contribution in [2.45, 2.75) is 6.92 Å². The smallest absolute Gasteiger partial charge is 0.325 e. The summed E-state index contributed by atoms with van der Waals surface area (Å²) in [5.41, 5.74) is 0.416. The van der Waals surface area contributed by atoms with Gasteiger partial charge in [0.15, 0.2) is 0 Å². The molecule has 0 unspecified atom stereocenters. The molecule has 0 saturated heterocycles. The lowest BCUT2D eigenvalue weighted by atomic mass is 10.2. The number of amides is 1. The third-order valence-corrected chi connectivity index (χ3v) is 3.45. The van der Waals surface area contributed by atoms with Crippen LogP contribution in [0.15, 0.2) is 18.2 Å². The molecule has 1 aromatic carbocycles. The summed E-state index contributed by atoms with van der Waals surface area (Å²) >= 11 is 7.96. The van der Waals surface area contributed by atoms with Gasteiger partial charge in [-0.15, -0.1) is 0 Å². The first kappa shape index (κ1) is 14.2. The van der Waals surface area contributed by atoms with Crippen LogP contribution in [0.1, 0.15) is 17.3 Å². The van der Waals surface area contributed by atoms with E-state index in [-0.39, 0.29) is 12.5 Å². The summed E-state index contributed by atoms with van der Waals surface area (Å²) in [5, 5.41) is 2.96. The SMILES string of the molecule is CCOC(=O)CNC(=O)c1ccc(I)c(Cl)c1. The molecule has 0 atom stereocenters. The predicted molar refractivity (Wildman–Crippen MR) is 73.1 cm³/mol. The minimum atomic E-state index is -0.461. The molecule has 4 nitrogen and oxygen atoms in total. The molecule has 1 rings (SSSR count). The van der Waals surface area contributed by atoms with E-state index in [2.05, 4.69) is 27.9 Å². The fourth-order valence-corrected chi connectivity index (χ4v) is 1.62. The monoisotopic (exact) mass is 367 g/mol. The molecule has 6 heteroatoms. The number of halogens is 2. The zero-order valence-electron chi connectivity index (χ0n) is 9.13. The van der Waals surface area contributed by atoms with E-state index >= 15 is 0 Å². The number of hydrogen-bond acceptors (Lipinski definition) is 3. The Kier molecular flexibility index (Phi) is 5.70. The van der Waals surface area contributed by atoms with Crippen LogP contribution in [-0.2, 0) is 9.53 Å². The van der Waals surface area contributed by atoms with Gasteiger partial charge in [-0.25, -0.2) is 0 Å². The second kappa shape index (κ2) is 6.80. The average Bonchev–Trinajstić information content (AvgIpc) is 2.30. The first-order chi connectivity index (χ1) is 8.04. The Hall–Kier alpha value is -0.820. The number of carbonyl (C=O) groups is 2. The van der Waals surface area contributed by atoms with Crippen molar-refractivity contribution in [1.29, 1.82) is 0 Å². The van der Waals surface area contributed by atoms with Gasteiger partial charge in [0.25, 0.3) is 5.91 Å². The number of ether oxygens (including phenoxy) is 1. The second-order valence-electron chi connectivity index (χ2n) is 3.12. The second-order valence-corrected chi connectivity index (χ2v) is 4.69. The van der Waals surface area contributed by atoms with Gasteiger partial charge in [-0.3, -0.25) is 9.59 Å². The van der Waals surface area contributed by atoms with E-state index in [1.165, 1.54) is 0 Å². The van der Waals surface area contributed by atoms with Crippen molar-refractivity contribution in [3.8, 4) is 0 Å². The van der Waals surface area contributed by atoms with Gasteiger partial charge in [-0.2, -0.15) is 0 Å². The van der Waals surface area contributed by atoms with Gasteiger partial charge in [-0.1, -0.05) is 11.6 Å². The Labute approximate surface area is 118 Å². The van der Waals surface area contributed by atoms with E-state index in [0.717, 1.165) is 3.57 Å². The quantitative estimate of drug-likeness (QED) is 0.656. The van der Waals surface area contributed by atoms with E-state index in [1.54, 1.807) is 25.1 Å². The molecule has 0 fully saturated rings. The third kappa shape index (κ3) is 4.51. The van der Waals surface area contributed by atoms with Gasteiger partial charge < -0.3 is 10.1 Å². The first-order valence-electron chi connectivity index (χ1n) is 4.93. The van der Waals surface area contributed by atoms with Gasteiger partial charge in [0.05, 0.1) is 11.6 Å². The molecular formula is C11H11ClINO3. The molecule has 0 aliphatic carbocycles. The topological polar surface area (TPSA) is 55.4 Å². The van der Waals surface area contributed by atoms with Crippen LogP contribution in [0.2, 0.25) is 5.02 Å². The predicted octanol–water partition coefficient (Wildman–Crippen LogP) is 2.24. The first-order valence-corrected chi connectivity index (χ1v) is 6.39. The fraction of sp³-hybridized carbons (Fsp3) is 0.273. The Morgan fingerprint density at radius 3 is 2.76 bits per heavy atom. The summed E-state index contributed by atoms with van der Waals surface area (Å²) < 4.78 is 5.56. The van der Waals surface area contributed by atoms with E-state index in [1.807, 2.05) is 0 Å². The summed E-state index contributed by atoms with van der Waals surface area (Å²) in [7, 11) is 0. The molecule has 1 aromatic rings. The molecule has 1 N–H and O–H groups in total. The minimum Gasteiger partial charge on any atom is -0.465 e. The van der Waals surface area contributed by atoms with Crippen LogP contribution < -0.4 is 5.32 Å². The summed E-state index contributed by atoms with van der Waals surface area (Å²) in [6.07, 6.45) is 0. The van der Waals surface area contributed by atoms with Crippen LogP contribution in [0.25, 0.3) is 0 Å². The van der Waals surface area contributed by atoms with E-state index in [0.29, 0.717) is 17.2 Å². The van der Waals surface area contributed by atoms with Crippen LogP contribution in [0.3, 0.4) is 0 Å². The highest BCUT2D eigenvalue weighted by Gasteiger charge is 2.09. The lowest BCUT2D eigenvalue weighted by molar-refractivity contribution is -0.141. The van der Waals surface area contributed by atoms with E-state index in [9.17, 15) is 9.59 Å². The Bertz CT molecular complexity index is 437. The maximum Gasteiger partial charge on any atom is 0.325 e. The average molecular weight is 368 g/mol. The van der Waals surface area contributed by atoms with E-state index < -0.39 is 5.97 Å². The van der Waals surface area contributed by atoms with Crippen LogP contribution in [-0.4, -0.2) is 25.0 Å². The van der Waals surface area contributed by atoms with Gasteiger partial charge in [0, 0.05) is 9.13 Å². The minimum absolute atomic E-state index is 0.143. The molecule has 1 amide bonds. The maximum absolute atomic E-state index is 11.6. The summed E-state index contributed by atoms with van der Waals surface area (Å²) in [6, 6.07) is 4.94. The zero-order valence-corrected chi connectivity index (χ0v) is 12.0. The van der Waals surface area contributed by atoms with Crippen molar-refractivity contribution in [2.75, 3.05) is 13.2 Å². The van der Waals surface area contributed by atoms with Crippen LogP contribution in [0.5, 0.6) is 0 Å². The molecule has 0 aliphatic rings. The number of benzene rings is 1. The van der Waals surface area contributed by atoms with E-state index in [4.69, 9.17) is 16.3 Å². The lowest BCUT2D eigenvalue weighted by Crippen LogP contribution is -2.30. The Balaban J connectivity index is 2.58. The van der Waals surface area contributed by atoms with Gasteiger partial charge >= 0.3 is 5.97 Å². The molecule has 0 bridgehead atoms. The molecule has 0 saturated carbocycles. The number of hydrogen-bond donors (Lipinski definition) is 1. The molecule has 0 radical (unpaired) electrons. The third-order valence-electron chi connectivity index (χ3n) is 1.88. The van der Waals surface area contributed by atoms with Crippen molar-refractivity contribution in [2.24, 2.45) is 0 Å². The molecular weight excluding hydrogens is 356 g/mol.